The van der Waals surface area contributed by atoms with E-state index < -0.39 is 5.82 Å². The maximum atomic E-state index is 13.2. The van der Waals surface area contributed by atoms with Gasteiger partial charge in [0.15, 0.2) is 0 Å². The van der Waals surface area contributed by atoms with Gasteiger partial charge in [0.05, 0.1) is 5.69 Å². The molecule has 0 spiro atoms. The molecule has 1 atom stereocenters. The highest BCUT2D eigenvalue weighted by Crippen LogP contribution is 2.28. The highest BCUT2D eigenvalue weighted by Gasteiger charge is 2.23. The van der Waals surface area contributed by atoms with Gasteiger partial charge in [0.2, 0.25) is 5.91 Å². The van der Waals surface area contributed by atoms with Crippen molar-refractivity contribution >= 4 is 28.8 Å². The Morgan fingerprint density at radius 1 is 1.45 bits per heavy atom. The summed E-state index contributed by atoms with van der Waals surface area (Å²) in [5, 5.41) is 2.75. The number of rotatable bonds is 4. The lowest BCUT2D eigenvalue weighted by Crippen LogP contribution is -2.25. The second kappa shape index (κ2) is 6.31. The third kappa shape index (κ3) is 4.56. The predicted molar refractivity (Wildman–Crippen MR) is 84.2 cm³/mol. The first-order valence-corrected chi connectivity index (χ1v) is 6.91. The van der Waals surface area contributed by atoms with Crippen molar-refractivity contribution in [2.24, 2.45) is 17.1 Å². The van der Waals surface area contributed by atoms with Crippen LogP contribution in [0.25, 0.3) is 0 Å². The van der Waals surface area contributed by atoms with Gasteiger partial charge in [-0.25, -0.2) is 4.39 Å². The molecule has 1 rings (SSSR count). The zero-order valence-electron chi connectivity index (χ0n) is 12.3. The molecule has 3 nitrogen and oxygen atoms in total. The van der Waals surface area contributed by atoms with Crippen LogP contribution in [-0.4, -0.2) is 10.9 Å². The number of hydrogen-bond donors (Lipinski definition) is 2. The third-order valence-electron chi connectivity index (χ3n) is 3.49. The Bertz CT molecular complexity index is 523. The van der Waals surface area contributed by atoms with Gasteiger partial charge in [-0.3, -0.25) is 4.79 Å². The van der Waals surface area contributed by atoms with Gasteiger partial charge in [-0.05, 0) is 29.5 Å². The van der Waals surface area contributed by atoms with E-state index in [1.54, 1.807) is 0 Å². The van der Waals surface area contributed by atoms with Crippen LogP contribution in [0, 0.1) is 17.2 Å². The number of carbonyl (C=O) groups is 1. The van der Waals surface area contributed by atoms with Crippen LogP contribution in [0.2, 0.25) is 0 Å². The fourth-order valence-corrected chi connectivity index (χ4v) is 1.78. The smallest absolute Gasteiger partial charge is 0.224 e. The van der Waals surface area contributed by atoms with Gasteiger partial charge in [0, 0.05) is 12.0 Å². The Hall–Kier alpha value is -1.49. The fourth-order valence-electron chi connectivity index (χ4n) is 1.61. The summed E-state index contributed by atoms with van der Waals surface area (Å²) in [6, 6.07) is 3.97. The third-order valence-corrected chi connectivity index (χ3v) is 3.71. The topological polar surface area (TPSA) is 55.1 Å². The van der Waals surface area contributed by atoms with Crippen LogP contribution in [0.4, 0.5) is 10.1 Å². The summed E-state index contributed by atoms with van der Waals surface area (Å²) in [5.74, 6) is -0.346. The van der Waals surface area contributed by atoms with E-state index in [9.17, 15) is 9.18 Å². The van der Waals surface area contributed by atoms with Crippen molar-refractivity contribution in [2.75, 3.05) is 5.32 Å². The molecule has 0 fully saturated rings. The van der Waals surface area contributed by atoms with Crippen molar-refractivity contribution in [1.29, 1.82) is 0 Å². The van der Waals surface area contributed by atoms with E-state index in [-0.39, 0.29) is 22.2 Å². The average molecular weight is 296 g/mol. The van der Waals surface area contributed by atoms with Crippen LogP contribution in [0.5, 0.6) is 0 Å². The monoisotopic (exact) mass is 296 g/mol. The molecule has 20 heavy (non-hydrogen) atoms. The molecule has 0 aliphatic carbocycles. The highest BCUT2D eigenvalue weighted by molar-refractivity contribution is 7.80. The lowest BCUT2D eigenvalue weighted by atomic mass is 9.80. The molecule has 1 aromatic carbocycles. The second-order valence-electron chi connectivity index (χ2n) is 6.07. The van der Waals surface area contributed by atoms with Gasteiger partial charge >= 0.3 is 0 Å². The zero-order chi connectivity index (χ0) is 15.5. The quantitative estimate of drug-likeness (QED) is 0.836. The van der Waals surface area contributed by atoms with Crippen molar-refractivity contribution in [3.8, 4) is 0 Å². The lowest BCUT2D eigenvalue weighted by Gasteiger charge is -2.26. The van der Waals surface area contributed by atoms with Gasteiger partial charge in [0.1, 0.15) is 10.8 Å². The number of benzene rings is 1. The summed E-state index contributed by atoms with van der Waals surface area (Å²) in [7, 11) is 0. The van der Waals surface area contributed by atoms with Crippen LogP contribution in [0.3, 0.4) is 0 Å². The molecule has 1 unspecified atom stereocenters. The average Bonchev–Trinajstić information content (AvgIpc) is 2.29. The predicted octanol–water partition coefficient (Wildman–Crippen LogP) is 3.47. The van der Waals surface area contributed by atoms with E-state index in [4.69, 9.17) is 18.0 Å². The first kappa shape index (κ1) is 16.6. The molecule has 110 valence electrons. The van der Waals surface area contributed by atoms with Crippen molar-refractivity contribution in [1.82, 2.24) is 0 Å². The summed E-state index contributed by atoms with van der Waals surface area (Å²) < 4.78 is 13.2. The molecule has 3 N–H and O–H groups in total. The van der Waals surface area contributed by atoms with Crippen molar-refractivity contribution < 1.29 is 9.18 Å². The number of carbonyl (C=O) groups excluding carboxylic acids is 1. The van der Waals surface area contributed by atoms with E-state index in [0.717, 1.165) is 0 Å². The second-order valence-corrected chi connectivity index (χ2v) is 6.51. The highest BCUT2D eigenvalue weighted by atomic mass is 32.1. The standard InChI is InChI=1S/C15H21FN2OS/c1-9(15(2,3)4)7-13(19)18-12-6-5-10(16)8-11(12)14(17)20/h5-6,8-9H,7H2,1-4H3,(H2,17,20)(H,18,19). The van der Waals surface area contributed by atoms with Crippen molar-refractivity contribution in [3.63, 3.8) is 0 Å². The van der Waals surface area contributed by atoms with Gasteiger partial charge in [-0.15, -0.1) is 0 Å². The summed E-state index contributed by atoms with van der Waals surface area (Å²) in [6.07, 6.45) is 0.387. The van der Waals surface area contributed by atoms with Gasteiger partial charge < -0.3 is 11.1 Å². The summed E-state index contributed by atoms with van der Waals surface area (Å²) in [6.45, 7) is 8.29. The molecule has 0 saturated carbocycles. The van der Waals surface area contributed by atoms with E-state index >= 15 is 0 Å². The number of amides is 1. The molecule has 0 radical (unpaired) electrons. The first-order chi connectivity index (χ1) is 9.11. The Labute approximate surface area is 124 Å². The normalized spacial score (nSPS) is 12.8. The van der Waals surface area contributed by atoms with Crippen LogP contribution in [-0.2, 0) is 4.79 Å². The molecular weight excluding hydrogens is 275 g/mol. The van der Waals surface area contributed by atoms with Crippen LogP contribution in [0.1, 0.15) is 39.7 Å². The molecule has 0 saturated heterocycles. The van der Waals surface area contributed by atoms with Crippen LogP contribution in [0.15, 0.2) is 18.2 Å². The SMILES string of the molecule is CC(CC(=O)Nc1ccc(F)cc1C(N)=S)C(C)(C)C. The van der Waals surface area contributed by atoms with E-state index in [1.165, 1.54) is 18.2 Å². The molecule has 0 aliphatic heterocycles. The minimum Gasteiger partial charge on any atom is -0.389 e. The van der Waals surface area contributed by atoms with E-state index in [1.807, 2.05) is 6.92 Å². The number of anilines is 1. The maximum absolute atomic E-state index is 13.2. The van der Waals surface area contributed by atoms with E-state index in [2.05, 4.69) is 26.1 Å². The molecule has 5 heteroatoms. The Kier molecular flexibility index (Phi) is 5.22. The molecular formula is C15H21FN2OS. The summed E-state index contributed by atoms with van der Waals surface area (Å²) >= 11 is 4.87. The molecule has 0 heterocycles. The lowest BCUT2D eigenvalue weighted by molar-refractivity contribution is -0.117. The zero-order valence-corrected chi connectivity index (χ0v) is 13.1. The Morgan fingerprint density at radius 3 is 2.55 bits per heavy atom. The molecule has 1 aromatic rings. The van der Waals surface area contributed by atoms with Crippen LogP contribution < -0.4 is 11.1 Å². The Morgan fingerprint density at radius 2 is 2.05 bits per heavy atom. The number of nitrogens with two attached hydrogens (primary N) is 1. The van der Waals surface area contributed by atoms with E-state index in [0.29, 0.717) is 17.7 Å². The first-order valence-electron chi connectivity index (χ1n) is 6.50. The molecule has 0 aromatic heterocycles. The molecule has 1 amide bonds. The number of nitrogens with one attached hydrogen (secondary N) is 1. The number of thiocarbonyl (C=S) groups is 1. The summed E-state index contributed by atoms with van der Waals surface area (Å²) in [5.41, 5.74) is 6.38. The van der Waals surface area contributed by atoms with Gasteiger partial charge in [0.25, 0.3) is 0 Å². The minimum atomic E-state index is -0.436. The van der Waals surface area contributed by atoms with Crippen molar-refractivity contribution in [3.05, 3.63) is 29.6 Å². The van der Waals surface area contributed by atoms with Crippen molar-refractivity contribution in [2.45, 2.75) is 34.1 Å². The molecule has 0 bridgehead atoms. The maximum Gasteiger partial charge on any atom is 0.224 e. The largest absolute Gasteiger partial charge is 0.389 e. The fraction of sp³-hybridized carbons (Fsp3) is 0.467. The Balaban J connectivity index is 2.84. The number of hydrogen-bond acceptors (Lipinski definition) is 2. The van der Waals surface area contributed by atoms with Gasteiger partial charge in [-0.1, -0.05) is 39.9 Å². The van der Waals surface area contributed by atoms with Crippen LogP contribution >= 0.6 is 12.2 Å². The molecule has 0 aliphatic rings. The van der Waals surface area contributed by atoms with Gasteiger partial charge in [-0.2, -0.15) is 0 Å². The minimum absolute atomic E-state index is 0.0478. The number of halogens is 1. The summed E-state index contributed by atoms with van der Waals surface area (Å²) in [4.78, 5) is 12.1.